The number of anilines is 1. The zero-order valence-electron chi connectivity index (χ0n) is 16.6. The van der Waals surface area contributed by atoms with Gasteiger partial charge in [-0.05, 0) is 24.6 Å². The first-order chi connectivity index (χ1) is 14.4. The van der Waals surface area contributed by atoms with Gasteiger partial charge >= 0.3 is 0 Å². The van der Waals surface area contributed by atoms with Gasteiger partial charge in [0.25, 0.3) is 11.8 Å². The number of carbonyl (C=O) groups excluding carboxylic acids is 1. The number of hydrogen-bond acceptors (Lipinski definition) is 8. The van der Waals surface area contributed by atoms with Gasteiger partial charge in [0, 0.05) is 12.0 Å². The minimum atomic E-state index is -0.481. The molecule has 0 bridgehead atoms. The Kier molecular flexibility index (Phi) is 4.90. The summed E-state index contributed by atoms with van der Waals surface area (Å²) in [4.78, 5) is 29.6. The molecule has 1 aliphatic rings. The van der Waals surface area contributed by atoms with Crippen molar-refractivity contribution in [1.82, 2.24) is 25.3 Å². The molecule has 1 aromatic carbocycles. The molecule has 1 atom stereocenters. The number of hydrogen-bond donors (Lipinski definition) is 2. The number of nitrogens with one attached hydrogen (secondary N) is 1. The van der Waals surface area contributed by atoms with Crippen LogP contribution in [0.3, 0.4) is 0 Å². The van der Waals surface area contributed by atoms with Gasteiger partial charge in [-0.25, -0.2) is 19.3 Å². The van der Waals surface area contributed by atoms with Gasteiger partial charge in [-0.1, -0.05) is 6.07 Å². The van der Waals surface area contributed by atoms with E-state index in [1.165, 1.54) is 32.5 Å². The minimum absolute atomic E-state index is 0.0993. The van der Waals surface area contributed by atoms with Crippen LogP contribution in [0.4, 0.5) is 10.3 Å². The second-order valence-electron chi connectivity index (χ2n) is 6.72. The number of fused-ring (bicyclic) bond motifs is 1. The van der Waals surface area contributed by atoms with Crippen molar-refractivity contribution in [1.29, 1.82) is 0 Å². The van der Waals surface area contributed by atoms with E-state index in [-0.39, 0.29) is 23.6 Å². The maximum atomic E-state index is 14.1. The summed E-state index contributed by atoms with van der Waals surface area (Å²) in [6.45, 7) is 1.71. The highest BCUT2D eigenvalue weighted by Gasteiger charge is 2.31. The number of rotatable bonds is 4. The van der Waals surface area contributed by atoms with Crippen LogP contribution >= 0.6 is 0 Å². The van der Waals surface area contributed by atoms with Gasteiger partial charge in [0.1, 0.15) is 5.82 Å². The van der Waals surface area contributed by atoms with Crippen LogP contribution in [0.15, 0.2) is 24.4 Å². The Balaban J connectivity index is 1.81. The first kappa shape index (κ1) is 19.5. The van der Waals surface area contributed by atoms with E-state index in [0.29, 0.717) is 40.2 Å². The lowest BCUT2D eigenvalue weighted by atomic mass is 9.91. The highest BCUT2D eigenvalue weighted by Crippen LogP contribution is 2.34. The fraction of sp³-hybridized carbons (Fsp3) is 0.250. The fourth-order valence-corrected chi connectivity index (χ4v) is 3.56. The van der Waals surface area contributed by atoms with Crippen molar-refractivity contribution in [2.75, 3.05) is 20.0 Å². The Hall–Kier alpha value is -3.82. The standard InChI is InChI=1S/C20H19FN6O3/c1-9-16-14(26-20(22)24-9)7-13(25-18(16)28)11-5-4-10(21)6-12(11)17-23-8-15(29-2)19(27-17)30-3/h4-6,8,13H,7H2,1-3H3,(H,25,28)(H2,22,24,26). The van der Waals surface area contributed by atoms with E-state index in [4.69, 9.17) is 15.2 Å². The minimum Gasteiger partial charge on any atom is -0.490 e. The number of amides is 1. The van der Waals surface area contributed by atoms with E-state index in [1.54, 1.807) is 13.0 Å². The quantitative estimate of drug-likeness (QED) is 0.669. The van der Waals surface area contributed by atoms with E-state index >= 15 is 0 Å². The van der Waals surface area contributed by atoms with Crippen LogP contribution in [0.1, 0.15) is 33.4 Å². The first-order valence-electron chi connectivity index (χ1n) is 9.10. The van der Waals surface area contributed by atoms with E-state index in [1.807, 2.05) is 0 Å². The summed E-state index contributed by atoms with van der Waals surface area (Å²) >= 11 is 0. The van der Waals surface area contributed by atoms with Crippen molar-refractivity contribution < 1.29 is 18.7 Å². The summed E-state index contributed by atoms with van der Waals surface area (Å²) in [5.41, 5.74) is 8.28. The smallest absolute Gasteiger partial charge is 0.260 e. The van der Waals surface area contributed by atoms with Gasteiger partial charge in [-0.2, -0.15) is 4.98 Å². The van der Waals surface area contributed by atoms with Gasteiger partial charge in [0.2, 0.25) is 5.95 Å². The summed E-state index contributed by atoms with van der Waals surface area (Å²) in [6, 6.07) is 3.75. The maximum absolute atomic E-state index is 14.1. The normalized spacial score (nSPS) is 15.3. The predicted octanol–water partition coefficient (Wildman–Crippen LogP) is 2.01. The lowest BCUT2D eigenvalue weighted by molar-refractivity contribution is 0.0922. The number of halogens is 1. The average molecular weight is 410 g/mol. The molecule has 0 fully saturated rings. The zero-order chi connectivity index (χ0) is 21.4. The zero-order valence-corrected chi connectivity index (χ0v) is 16.6. The second-order valence-corrected chi connectivity index (χ2v) is 6.72. The molecule has 154 valence electrons. The van der Waals surface area contributed by atoms with Crippen molar-refractivity contribution in [2.45, 2.75) is 19.4 Å². The highest BCUT2D eigenvalue weighted by molar-refractivity contribution is 5.98. The topological polar surface area (TPSA) is 125 Å². The van der Waals surface area contributed by atoms with Crippen LogP contribution in [0, 0.1) is 12.7 Å². The van der Waals surface area contributed by atoms with Crippen LogP contribution in [-0.4, -0.2) is 40.1 Å². The summed E-state index contributed by atoms with van der Waals surface area (Å²) in [7, 11) is 2.92. The molecule has 10 heteroatoms. The number of nitrogens with zero attached hydrogens (tertiary/aromatic N) is 4. The summed E-state index contributed by atoms with van der Waals surface area (Å²) in [5, 5.41) is 2.94. The van der Waals surface area contributed by atoms with Crippen molar-refractivity contribution >= 4 is 11.9 Å². The molecule has 1 amide bonds. The Morgan fingerprint density at radius 2 is 2.00 bits per heavy atom. The Morgan fingerprint density at radius 3 is 2.73 bits per heavy atom. The van der Waals surface area contributed by atoms with Gasteiger partial charge in [0.15, 0.2) is 11.6 Å². The van der Waals surface area contributed by atoms with E-state index in [0.717, 1.165) is 0 Å². The molecule has 0 spiro atoms. The molecule has 0 saturated heterocycles. The van der Waals surface area contributed by atoms with Crippen molar-refractivity contribution in [2.24, 2.45) is 0 Å². The van der Waals surface area contributed by atoms with Gasteiger partial charge < -0.3 is 20.5 Å². The highest BCUT2D eigenvalue weighted by atomic mass is 19.1. The van der Waals surface area contributed by atoms with Crippen LogP contribution < -0.4 is 20.5 Å². The molecule has 0 aliphatic carbocycles. The summed E-state index contributed by atoms with van der Waals surface area (Å²) in [6.07, 6.45) is 1.81. The van der Waals surface area contributed by atoms with Crippen molar-refractivity contribution in [3.05, 3.63) is 52.7 Å². The van der Waals surface area contributed by atoms with Crippen LogP contribution in [0.25, 0.3) is 11.4 Å². The third-order valence-corrected chi connectivity index (χ3v) is 4.88. The largest absolute Gasteiger partial charge is 0.490 e. The summed E-state index contributed by atoms with van der Waals surface area (Å²) in [5.74, 6) is 0.121. The number of aryl methyl sites for hydroxylation is 1. The molecule has 3 N–H and O–H groups in total. The van der Waals surface area contributed by atoms with Crippen LogP contribution in [0.2, 0.25) is 0 Å². The van der Waals surface area contributed by atoms with Gasteiger partial charge in [-0.3, -0.25) is 4.79 Å². The number of aromatic nitrogens is 4. The average Bonchev–Trinajstić information content (AvgIpc) is 2.72. The number of nitrogen functional groups attached to an aromatic ring is 1. The summed E-state index contributed by atoms with van der Waals surface area (Å²) < 4.78 is 24.5. The molecule has 1 aliphatic heterocycles. The predicted molar refractivity (Wildman–Crippen MR) is 106 cm³/mol. The third-order valence-electron chi connectivity index (χ3n) is 4.88. The lowest BCUT2D eigenvalue weighted by Gasteiger charge is -2.27. The number of carbonyl (C=O) groups is 1. The first-order valence-corrected chi connectivity index (χ1v) is 9.10. The van der Waals surface area contributed by atoms with E-state index in [2.05, 4.69) is 25.3 Å². The van der Waals surface area contributed by atoms with E-state index < -0.39 is 11.9 Å². The molecule has 2 aromatic heterocycles. The fourth-order valence-electron chi connectivity index (χ4n) is 3.56. The van der Waals surface area contributed by atoms with E-state index in [9.17, 15) is 9.18 Å². The number of ether oxygens (including phenoxy) is 2. The Bertz CT molecular complexity index is 1150. The maximum Gasteiger partial charge on any atom is 0.260 e. The Labute approximate surface area is 171 Å². The van der Waals surface area contributed by atoms with Crippen LogP contribution in [-0.2, 0) is 6.42 Å². The van der Waals surface area contributed by atoms with Gasteiger partial charge in [-0.15, -0.1) is 0 Å². The molecule has 9 nitrogen and oxygen atoms in total. The van der Waals surface area contributed by atoms with Crippen molar-refractivity contribution in [3.63, 3.8) is 0 Å². The molecule has 3 aromatic rings. The third kappa shape index (κ3) is 3.36. The number of nitrogens with two attached hydrogens (primary N) is 1. The van der Waals surface area contributed by atoms with Gasteiger partial charge in [0.05, 0.1) is 43.4 Å². The number of benzene rings is 1. The molecule has 1 unspecified atom stereocenters. The molecule has 0 saturated carbocycles. The molecular formula is C20H19FN6O3. The monoisotopic (exact) mass is 410 g/mol. The van der Waals surface area contributed by atoms with Crippen LogP contribution in [0.5, 0.6) is 11.6 Å². The molecule has 4 rings (SSSR count). The lowest BCUT2D eigenvalue weighted by Crippen LogP contribution is -2.37. The Morgan fingerprint density at radius 1 is 1.20 bits per heavy atom. The number of methoxy groups -OCH3 is 2. The second kappa shape index (κ2) is 7.54. The molecular weight excluding hydrogens is 391 g/mol. The molecule has 3 heterocycles. The van der Waals surface area contributed by atoms with Crippen molar-refractivity contribution in [3.8, 4) is 23.0 Å². The molecule has 30 heavy (non-hydrogen) atoms. The molecule has 0 radical (unpaired) electrons. The SMILES string of the molecule is COc1cnc(-c2cc(F)ccc2C2Cc3nc(N)nc(C)c3C(=O)N2)nc1OC.